The van der Waals surface area contributed by atoms with E-state index in [9.17, 15) is 4.79 Å². The number of halogens is 1. The van der Waals surface area contributed by atoms with Gasteiger partial charge in [-0.2, -0.15) is 0 Å². The Kier molecular flexibility index (Phi) is 5.21. The lowest BCUT2D eigenvalue weighted by atomic mass is 9.96. The van der Waals surface area contributed by atoms with Gasteiger partial charge in [0.25, 0.3) is 0 Å². The Morgan fingerprint density at radius 3 is 2.11 bits per heavy atom. The highest BCUT2D eigenvalue weighted by molar-refractivity contribution is 8.01. The number of Topliss-reactive ketones (excluding diaryl/α,β-unsaturated/α-hetero) is 1. The van der Waals surface area contributed by atoms with Crippen molar-refractivity contribution in [3.63, 3.8) is 0 Å². The Balaban J connectivity index is 1.77. The van der Waals surface area contributed by atoms with Crippen LogP contribution in [0, 0.1) is 0 Å². The van der Waals surface area contributed by atoms with Crippen molar-refractivity contribution in [2.24, 2.45) is 5.73 Å². The van der Waals surface area contributed by atoms with Crippen LogP contribution < -0.4 is 10.6 Å². The van der Waals surface area contributed by atoms with Crippen LogP contribution in [0.4, 0.5) is 5.69 Å². The third-order valence-electron chi connectivity index (χ3n) is 4.73. The highest BCUT2D eigenvalue weighted by atomic mass is 35.5. The van der Waals surface area contributed by atoms with E-state index in [0.29, 0.717) is 10.6 Å². The third kappa shape index (κ3) is 3.61. The fraction of sp³-hybridized carbons (Fsp3) is 0.136. The van der Waals surface area contributed by atoms with E-state index < -0.39 is 0 Å². The number of rotatable bonds is 4. The van der Waals surface area contributed by atoms with Gasteiger partial charge < -0.3 is 10.6 Å². The maximum absolute atomic E-state index is 13.3. The molecule has 3 aromatic rings. The lowest BCUT2D eigenvalue weighted by molar-refractivity contribution is 0.0983. The minimum atomic E-state index is -0.325. The van der Waals surface area contributed by atoms with Crippen LogP contribution in [0.25, 0.3) is 0 Å². The second kappa shape index (κ2) is 7.77. The van der Waals surface area contributed by atoms with Crippen LogP contribution in [0.5, 0.6) is 0 Å². The zero-order chi connectivity index (χ0) is 18.8. The van der Waals surface area contributed by atoms with Gasteiger partial charge in [-0.15, -0.1) is 11.8 Å². The molecule has 3 atom stereocenters. The normalized spacial score (nSPS) is 22.0. The van der Waals surface area contributed by atoms with Gasteiger partial charge in [0.2, 0.25) is 0 Å². The Labute approximate surface area is 168 Å². The number of nitrogens with zero attached hydrogens (tertiary/aromatic N) is 1. The highest BCUT2D eigenvalue weighted by Crippen LogP contribution is 2.46. The van der Waals surface area contributed by atoms with E-state index in [2.05, 4.69) is 17.0 Å². The van der Waals surface area contributed by atoms with E-state index in [1.54, 1.807) is 0 Å². The molecular weight excluding hydrogens is 376 g/mol. The van der Waals surface area contributed by atoms with E-state index in [1.165, 1.54) is 11.8 Å². The molecule has 0 bridgehead atoms. The maximum atomic E-state index is 13.3. The van der Waals surface area contributed by atoms with Gasteiger partial charge in [-0.1, -0.05) is 72.3 Å². The number of hydrogen-bond donors (Lipinski definition) is 1. The quantitative estimate of drug-likeness (QED) is 0.623. The molecule has 1 aliphatic rings. The minimum absolute atomic E-state index is 0.0985. The number of carbonyl (C=O) groups excluding carboxylic acids is 1. The van der Waals surface area contributed by atoms with Crippen molar-refractivity contribution in [2.75, 3.05) is 4.90 Å². The predicted molar refractivity (Wildman–Crippen MR) is 113 cm³/mol. The molecule has 1 unspecified atom stereocenters. The summed E-state index contributed by atoms with van der Waals surface area (Å²) in [5, 5.41) is 0.382. The standard InChI is InChI=1S/C22H19ClN2OS/c23-17-11-13-18(14-12-17)25-19(15-7-3-1-4-8-15)21(27-22(25)24)20(26)16-9-5-2-6-10-16/h1-14,19,21-22H,24H2/t19-,21+,22?/m0/s1. The fourth-order valence-corrected chi connectivity index (χ4v) is 4.98. The summed E-state index contributed by atoms with van der Waals surface area (Å²) < 4.78 is 0. The molecule has 0 spiro atoms. The number of nitrogens with two attached hydrogens (primary N) is 1. The lowest BCUT2D eigenvalue weighted by Crippen LogP contribution is -2.38. The Bertz CT molecular complexity index is 918. The van der Waals surface area contributed by atoms with Gasteiger partial charge in [0.1, 0.15) is 5.50 Å². The molecule has 1 saturated heterocycles. The smallest absolute Gasteiger partial charge is 0.178 e. The average Bonchev–Trinajstić information content (AvgIpc) is 3.06. The van der Waals surface area contributed by atoms with Gasteiger partial charge in [0.05, 0.1) is 11.3 Å². The molecule has 1 aliphatic heterocycles. The lowest BCUT2D eigenvalue weighted by Gasteiger charge is -2.31. The van der Waals surface area contributed by atoms with Crippen LogP contribution >= 0.6 is 23.4 Å². The van der Waals surface area contributed by atoms with Crippen molar-refractivity contribution < 1.29 is 4.79 Å². The van der Waals surface area contributed by atoms with E-state index in [0.717, 1.165) is 11.3 Å². The molecule has 0 aliphatic carbocycles. The summed E-state index contributed by atoms with van der Waals surface area (Å²) >= 11 is 7.56. The van der Waals surface area contributed by atoms with Gasteiger partial charge in [0.15, 0.2) is 5.78 Å². The van der Waals surface area contributed by atoms with E-state index in [4.69, 9.17) is 17.3 Å². The van der Waals surface area contributed by atoms with Gasteiger partial charge >= 0.3 is 0 Å². The summed E-state index contributed by atoms with van der Waals surface area (Å²) in [5.41, 5.74) is 8.90. The molecule has 3 nitrogen and oxygen atoms in total. The molecule has 0 radical (unpaired) electrons. The second-order valence-electron chi connectivity index (χ2n) is 6.42. The summed E-state index contributed by atoms with van der Waals surface area (Å²) in [6, 6.07) is 26.9. The molecule has 1 heterocycles. The first-order valence-electron chi connectivity index (χ1n) is 8.74. The number of thioether (sulfide) groups is 1. The van der Waals surface area contributed by atoms with Crippen LogP contribution in [-0.4, -0.2) is 16.5 Å². The Morgan fingerprint density at radius 2 is 1.48 bits per heavy atom. The van der Waals surface area contributed by atoms with Crippen LogP contribution in [0.1, 0.15) is 22.0 Å². The first-order chi connectivity index (χ1) is 13.1. The molecule has 0 amide bonds. The summed E-state index contributed by atoms with van der Waals surface area (Å²) in [6.07, 6.45) is 0. The van der Waals surface area contributed by atoms with Crippen LogP contribution in [-0.2, 0) is 0 Å². The van der Waals surface area contributed by atoms with Crippen LogP contribution in [0.3, 0.4) is 0 Å². The molecule has 0 aromatic heterocycles. The van der Waals surface area contributed by atoms with Crippen LogP contribution in [0.2, 0.25) is 5.02 Å². The summed E-state index contributed by atoms with van der Waals surface area (Å²) in [5.74, 6) is 0.0985. The fourth-order valence-electron chi connectivity index (χ4n) is 3.47. The van der Waals surface area contributed by atoms with Crippen molar-refractivity contribution >= 4 is 34.8 Å². The van der Waals surface area contributed by atoms with Crippen molar-refractivity contribution in [3.8, 4) is 0 Å². The number of ketones is 1. The van der Waals surface area contributed by atoms with Crippen molar-refractivity contribution in [3.05, 3.63) is 101 Å². The SMILES string of the molecule is NC1S[C@@H](C(=O)c2ccccc2)[C@H](c2ccccc2)N1c1ccc(Cl)cc1. The second-order valence-corrected chi connectivity index (χ2v) is 8.12. The van der Waals surface area contributed by atoms with Crippen molar-refractivity contribution in [2.45, 2.75) is 16.8 Å². The average molecular weight is 395 g/mol. The zero-order valence-corrected chi connectivity index (χ0v) is 16.1. The molecule has 2 N–H and O–H groups in total. The highest BCUT2D eigenvalue weighted by Gasteiger charge is 2.45. The summed E-state index contributed by atoms with van der Waals surface area (Å²) in [6.45, 7) is 0. The molecule has 0 saturated carbocycles. The van der Waals surface area contributed by atoms with Crippen LogP contribution in [0.15, 0.2) is 84.9 Å². The Hall–Kier alpha value is -2.27. The summed E-state index contributed by atoms with van der Waals surface area (Å²) in [4.78, 5) is 15.4. The van der Waals surface area contributed by atoms with Gasteiger partial charge in [-0.05, 0) is 29.8 Å². The number of anilines is 1. The number of carbonyl (C=O) groups is 1. The topological polar surface area (TPSA) is 46.3 Å². The molecule has 3 aromatic carbocycles. The third-order valence-corrected chi connectivity index (χ3v) is 6.25. The van der Waals surface area contributed by atoms with E-state index >= 15 is 0 Å². The molecule has 5 heteroatoms. The minimum Gasteiger partial charge on any atom is -0.339 e. The van der Waals surface area contributed by atoms with Gasteiger partial charge in [-0.25, -0.2) is 0 Å². The first kappa shape index (κ1) is 18.1. The number of hydrogen-bond acceptors (Lipinski definition) is 4. The largest absolute Gasteiger partial charge is 0.339 e. The molecule has 4 rings (SSSR count). The predicted octanol–water partition coefficient (Wildman–Crippen LogP) is 5.13. The Morgan fingerprint density at radius 1 is 0.889 bits per heavy atom. The zero-order valence-electron chi connectivity index (χ0n) is 14.5. The monoisotopic (exact) mass is 394 g/mol. The first-order valence-corrected chi connectivity index (χ1v) is 10.1. The number of benzene rings is 3. The van der Waals surface area contributed by atoms with Crippen molar-refractivity contribution in [1.29, 1.82) is 0 Å². The van der Waals surface area contributed by atoms with E-state index in [-0.39, 0.29) is 22.6 Å². The molecule has 27 heavy (non-hydrogen) atoms. The van der Waals surface area contributed by atoms with Gasteiger partial charge in [0, 0.05) is 16.3 Å². The maximum Gasteiger partial charge on any atom is 0.178 e. The van der Waals surface area contributed by atoms with Gasteiger partial charge in [-0.3, -0.25) is 4.79 Å². The van der Waals surface area contributed by atoms with Crippen molar-refractivity contribution in [1.82, 2.24) is 0 Å². The molecular formula is C22H19ClN2OS. The molecule has 136 valence electrons. The van der Waals surface area contributed by atoms with E-state index in [1.807, 2.05) is 72.8 Å². The molecule has 1 fully saturated rings. The summed E-state index contributed by atoms with van der Waals surface area (Å²) in [7, 11) is 0.